The van der Waals surface area contributed by atoms with Crippen molar-refractivity contribution in [3.63, 3.8) is 0 Å². The molecular formula is C14H17ClN2O3. The van der Waals surface area contributed by atoms with Crippen LogP contribution in [0.25, 0.3) is 0 Å². The quantitative estimate of drug-likeness (QED) is 0.913. The highest BCUT2D eigenvalue weighted by Crippen LogP contribution is 2.16. The Balaban J connectivity index is 1.88. The highest BCUT2D eigenvalue weighted by Gasteiger charge is 2.17. The third-order valence-electron chi connectivity index (χ3n) is 3.18. The van der Waals surface area contributed by atoms with Crippen LogP contribution >= 0.6 is 11.6 Å². The van der Waals surface area contributed by atoms with E-state index in [-0.39, 0.29) is 18.4 Å². The lowest BCUT2D eigenvalue weighted by Crippen LogP contribution is -2.45. The Kier molecular flexibility index (Phi) is 4.98. The summed E-state index contributed by atoms with van der Waals surface area (Å²) in [6, 6.07) is 5.02. The highest BCUT2D eigenvalue weighted by atomic mass is 35.5. The van der Waals surface area contributed by atoms with Gasteiger partial charge in [0, 0.05) is 23.7 Å². The van der Waals surface area contributed by atoms with Crippen molar-refractivity contribution in [3.8, 4) is 0 Å². The molecule has 5 nitrogen and oxygen atoms in total. The standard InChI is InChI=1S/C14H17ClN2O3/c1-10-8-11(2-3-12(10)15)14(19)16-9-13(18)17-4-6-20-7-5-17/h2-3,8H,4-7,9H2,1H3,(H,16,19). The second-order valence-corrected chi connectivity index (χ2v) is 5.05. The topological polar surface area (TPSA) is 58.6 Å². The van der Waals surface area contributed by atoms with Crippen LogP contribution in [0.15, 0.2) is 18.2 Å². The van der Waals surface area contributed by atoms with E-state index >= 15 is 0 Å². The third kappa shape index (κ3) is 3.71. The van der Waals surface area contributed by atoms with Crippen molar-refractivity contribution in [3.05, 3.63) is 34.3 Å². The molecule has 0 aliphatic carbocycles. The van der Waals surface area contributed by atoms with E-state index in [9.17, 15) is 9.59 Å². The molecule has 1 N–H and O–H groups in total. The van der Waals surface area contributed by atoms with Crippen molar-refractivity contribution in [2.45, 2.75) is 6.92 Å². The highest BCUT2D eigenvalue weighted by molar-refractivity contribution is 6.31. The minimum absolute atomic E-state index is 0.000503. The Morgan fingerprint density at radius 3 is 2.70 bits per heavy atom. The summed E-state index contributed by atoms with van der Waals surface area (Å²) < 4.78 is 5.18. The lowest BCUT2D eigenvalue weighted by Gasteiger charge is -2.26. The number of amides is 2. The first kappa shape index (κ1) is 14.8. The zero-order chi connectivity index (χ0) is 14.5. The third-order valence-corrected chi connectivity index (χ3v) is 3.61. The molecule has 1 saturated heterocycles. The molecular weight excluding hydrogens is 280 g/mol. The van der Waals surface area contributed by atoms with E-state index in [1.165, 1.54) is 0 Å². The fraction of sp³-hybridized carbons (Fsp3) is 0.429. The zero-order valence-corrected chi connectivity index (χ0v) is 12.1. The van der Waals surface area contributed by atoms with Gasteiger partial charge in [0.15, 0.2) is 0 Å². The Morgan fingerprint density at radius 2 is 2.05 bits per heavy atom. The summed E-state index contributed by atoms with van der Waals surface area (Å²) in [6.07, 6.45) is 0. The molecule has 1 heterocycles. The summed E-state index contributed by atoms with van der Waals surface area (Å²) in [4.78, 5) is 25.5. The molecule has 1 aromatic carbocycles. The van der Waals surface area contributed by atoms with E-state index in [1.54, 1.807) is 23.1 Å². The van der Waals surface area contributed by atoms with E-state index in [4.69, 9.17) is 16.3 Å². The van der Waals surface area contributed by atoms with Crippen LogP contribution in [0.3, 0.4) is 0 Å². The fourth-order valence-electron chi connectivity index (χ4n) is 1.97. The maximum Gasteiger partial charge on any atom is 0.251 e. The van der Waals surface area contributed by atoms with Crippen LogP contribution < -0.4 is 5.32 Å². The molecule has 0 spiro atoms. The summed E-state index contributed by atoms with van der Waals surface area (Å²) in [7, 11) is 0. The number of nitrogens with zero attached hydrogens (tertiary/aromatic N) is 1. The molecule has 2 rings (SSSR count). The van der Waals surface area contributed by atoms with Crippen molar-refractivity contribution in [2.24, 2.45) is 0 Å². The average Bonchev–Trinajstić information content (AvgIpc) is 2.48. The molecule has 1 aliphatic heterocycles. The predicted molar refractivity (Wildman–Crippen MR) is 75.9 cm³/mol. The van der Waals surface area contributed by atoms with Gasteiger partial charge in [0.2, 0.25) is 5.91 Å². The van der Waals surface area contributed by atoms with Crippen LogP contribution in [0.4, 0.5) is 0 Å². The molecule has 20 heavy (non-hydrogen) atoms. The van der Waals surface area contributed by atoms with Gasteiger partial charge in [-0.15, -0.1) is 0 Å². The van der Waals surface area contributed by atoms with Gasteiger partial charge in [0.05, 0.1) is 19.8 Å². The number of rotatable bonds is 3. The predicted octanol–water partition coefficient (Wildman–Crippen LogP) is 1.24. The van der Waals surface area contributed by atoms with Crippen LogP contribution in [-0.4, -0.2) is 49.6 Å². The molecule has 0 radical (unpaired) electrons. The molecule has 1 aromatic rings. The number of ether oxygens (including phenoxy) is 1. The average molecular weight is 297 g/mol. The Hall–Kier alpha value is -1.59. The number of benzene rings is 1. The van der Waals surface area contributed by atoms with Crippen molar-refractivity contribution in [1.29, 1.82) is 0 Å². The summed E-state index contributed by atoms with van der Waals surface area (Å²) in [5.41, 5.74) is 1.33. The van der Waals surface area contributed by atoms with E-state index in [0.717, 1.165) is 5.56 Å². The largest absolute Gasteiger partial charge is 0.378 e. The zero-order valence-electron chi connectivity index (χ0n) is 11.3. The van der Waals surface area contributed by atoms with E-state index in [1.807, 2.05) is 6.92 Å². The van der Waals surface area contributed by atoms with E-state index in [0.29, 0.717) is 36.9 Å². The van der Waals surface area contributed by atoms with Gasteiger partial charge in [-0.25, -0.2) is 0 Å². The number of carbonyl (C=O) groups is 2. The van der Waals surface area contributed by atoms with Crippen molar-refractivity contribution in [1.82, 2.24) is 10.2 Å². The molecule has 2 amide bonds. The minimum atomic E-state index is -0.272. The van der Waals surface area contributed by atoms with E-state index < -0.39 is 0 Å². The second kappa shape index (κ2) is 6.72. The maximum absolute atomic E-state index is 11.9. The number of morpholine rings is 1. The molecule has 0 atom stereocenters. The fourth-order valence-corrected chi connectivity index (χ4v) is 2.09. The number of aryl methyl sites for hydroxylation is 1. The Bertz CT molecular complexity index is 513. The number of nitrogens with one attached hydrogen (secondary N) is 1. The molecule has 0 unspecified atom stereocenters. The van der Waals surface area contributed by atoms with Crippen molar-refractivity contribution in [2.75, 3.05) is 32.8 Å². The van der Waals surface area contributed by atoms with Crippen LogP contribution in [-0.2, 0) is 9.53 Å². The lowest BCUT2D eigenvalue weighted by molar-refractivity contribution is -0.134. The second-order valence-electron chi connectivity index (χ2n) is 4.64. The van der Waals surface area contributed by atoms with Gasteiger partial charge < -0.3 is 15.0 Å². The minimum Gasteiger partial charge on any atom is -0.378 e. The van der Waals surface area contributed by atoms with Crippen LogP contribution in [0.2, 0.25) is 5.02 Å². The number of halogens is 1. The summed E-state index contributed by atoms with van der Waals surface area (Å²) in [5.74, 6) is -0.362. The Labute approximate surface area is 122 Å². The molecule has 0 saturated carbocycles. The lowest BCUT2D eigenvalue weighted by atomic mass is 10.1. The Morgan fingerprint density at radius 1 is 1.35 bits per heavy atom. The molecule has 6 heteroatoms. The summed E-state index contributed by atoms with van der Waals surface area (Å²) >= 11 is 5.91. The molecule has 0 bridgehead atoms. The summed E-state index contributed by atoms with van der Waals surface area (Å²) in [5, 5.41) is 3.25. The number of hydrogen-bond acceptors (Lipinski definition) is 3. The smallest absolute Gasteiger partial charge is 0.251 e. The van der Waals surface area contributed by atoms with Crippen LogP contribution in [0, 0.1) is 6.92 Å². The summed E-state index contributed by atoms with van der Waals surface area (Å²) in [6.45, 7) is 4.09. The van der Waals surface area contributed by atoms with Crippen molar-refractivity contribution < 1.29 is 14.3 Å². The van der Waals surface area contributed by atoms with Gasteiger partial charge in [0.1, 0.15) is 0 Å². The first-order chi connectivity index (χ1) is 9.58. The normalized spacial score (nSPS) is 15.0. The monoisotopic (exact) mass is 296 g/mol. The first-order valence-electron chi connectivity index (χ1n) is 6.48. The van der Waals surface area contributed by atoms with Crippen LogP contribution in [0.5, 0.6) is 0 Å². The number of carbonyl (C=O) groups excluding carboxylic acids is 2. The van der Waals surface area contributed by atoms with Gasteiger partial charge in [0.25, 0.3) is 5.91 Å². The first-order valence-corrected chi connectivity index (χ1v) is 6.85. The van der Waals surface area contributed by atoms with Crippen molar-refractivity contribution >= 4 is 23.4 Å². The molecule has 1 aliphatic rings. The van der Waals surface area contributed by atoms with E-state index in [2.05, 4.69) is 5.32 Å². The van der Waals surface area contributed by atoms with Crippen LogP contribution in [0.1, 0.15) is 15.9 Å². The van der Waals surface area contributed by atoms with Gasteiger partial charge in [-0.2, -0.15) is 0 Å². The molecule has 108 valence electrons. The number of hydrogen-bond donors (Lipinski definition) is 1. The van der Waals surface area contributed by atoms with Gasteiger partial charge >= 0.3 is 0 Å². The molecule has 1 fully saturated rings. The van der Waals surface area contributed by atoms with Gasteiger partial charge in [-0.1, -0.05) is 11.6 Å². The maximum atomic E-state index is 11.9. The van der Waals surface area contributed by atoms with Gasteiger partial charge in [-0.05, 0) is 30.7 Å². The van der Waals surface area contributed by atoms with Gasteiger partial charge in [-0.3, -0.25) is 9.59 Å². The molecule has 0 aromatic heterocycles. The SMILES string of the molecule is Cc1cc(C(=O)NCC(=O)N2CCOCC2)ccc1Cl.